The van der Waals surface area contributed by atoms with Crippen LogP contribution >= 0.6 is 27.5 Å². The summed E-state index contributed by atoms with van der Waals surface area (Å²) in [6.45, 7) is 0. The lowest BCUT2D eigenvalue weighted by atomic mass is 9.83. The predicted octanol–water partition coefficient (Wildman–Crippen LogP) is 4.37. The fourth-order valence-corrected chi connectivity index (χ4v) is 2.71. The summed E-state index contributed by atoms with van der Waals surface area (Å²) < 4.78 is 13.5. The summed E-state index contributed by atoms with van der Waals surface area (Å²) in [4.78, 5) is 11.7. The van der Waals surface area contributed by atoms with Crippen molar-refractivity contribution >= 4 is 39.1 Å². The summed E-state index contributed by atoms with van der Waals surface area (Å²) in [6.07, 6.45) is 3.95. The average Bonchev–Trinajstić information content (AvgIpc) is 2.17. The van der Waals surface area contributed by atoms with Gasteiger partial charge in [-0.2, -0.15) is 0 Å². The van der Waals surface area contributed by atoms with Gasteiger partial charge in [-0.3, -0.25) is 4.79 Å². The Bertz CT molecular complexity index is 425. The van der Waals surface area contributed by atoms with Gasteiger partial charge < -0.3 is 5.32 Å². The van der Waals surface area contributed by atoms with Crippen molar-refractivity contribution in [2.24, 2.45) is 5.92 Å². The Hall–Kier alpha value is -0.610. The van der Waals surface area contributed by atoms with Gasteiger partial charge in [-0.25, -0.2) is 4.39 Å². The molecule has 5 heteroatoms. The molecule has 0 spiro atoms. The van der Waals surface area contributed by atoms with Crippen LogP contribution in [-0.2, 0) is 4.79 Å². The number of rotatable bonds is 3. The molecule has 1 saturated carbocycles. The van der Waals surface area contributed by atoms with Crippen LogP contribution in [0.4, 0.5) is 10.1 Å². The van der Waals surface area contributed by atoms with Crippen LogP contribution in [0.5, 0.6) is 0 Å². The molecule has 17 heavy (non-hydrogen) atoms. The van der Waals surface area contributed by atoms with E-state index in [-0.39, 0.29) is 10.9 Å². The summed E-state index contributed by atoms with van der Waals surface area (Å²) >= 11 is 9.06. The van der Waals surface area contributed by atoms with E-state index in [1.807, 2.05) is 0 Å². The largest absolute Gasteiger partial charge is 0.324 e. The molecule has 0 saturated heterocycles. The molecule has 0 atom stereocenters. The maximum Gasteiger partial charge on any atom is 0.224 e. The summed E-state index contributed by atoms with van der Waals surface area (Å²) in [6, 6.07) is 2.47. The highest BCUT2D eigenvalue weighted by Gasteiger charge is 2.21. The molecule has 0 radical (unpaired) electrons. The number of anilines is 1. The summed E-state index contributed by atoms with van der Waals surface area (Å²) in [5.41, 5.74) is 0.442. The van der Waals surface area contributed by atoms with E-state index < -0.39 is 5.82 Å². The van der Waals surface area contributed by atoms with Gasteiger partial charge in [0.05, 0.1) is 10.7 Å². The van der Waals surface area contributed by atoms with Crippen molar-refractivity contribution in [1.82, 2.24) is 0 Å². The molecular formula is C12H12BrClFNO. The van der Waals surface area contributed by atoms with Gasteiger partial charge in [-0.15, -0.1) is 0 Å². The summed E-state index contributed by atoms with van der Waals surface area (Å²) in [5, 5.41) is 2.93. The lowest BCUT2D eigenvalue weighted by Crippen LogP contribution is -2.21. The van der Waals surface area contributed by atoms with Crippen molar-refractivity contribution in [2.45, 2.75) is 25.7 Å². The predicted molar refractivity (Wildman–Crippen MR) is 69.7 cm³/mol. The van der Waals surface area contributed by atoms with Crippen LogP contribution in [0, 0.1) is 11.7 Å². The fourth-order valence-electron chi connectivity index (χ4n) is 1.81. The zero-order valence-electron chi connectivity index (χ0n) is 9.10. The minimum absolute atomic E-state index is 0.0658. The van der Waals surface area contributed by atoms with Crippen molar-refractivity contribution in [2.75, 3.05) is 5.32 Å². The van der Waals surface area contributed by atoms with Crippen LogP contribution in [0.2, 0.25) is 5.02 Å². The zero-order chi connectivity index (χ0) is 12.4. The fraction of sp³-hybridized carbons (Fsp3) is 0.417. The zero-order valence-corrected chi connectivity index (χ0v) is 11.4. The number of nitrogens with one attached hydrogen (secondary N) is 1. The van der Waals surface area contributed by atoms with Gasteiger partial charge in [0.2, 0.25) is 5.91 Å². The third-order valence-corrected chi connectivity index (χ3v) is 3.89. The molecule has 0 aliphatic heterocycles. The van der Waals surface area contributed by atoms with Crippen LogP contribution in [0.25, 0.3) is 0 Å². The van der Waals surface area contributed by atoms with E-state index in [0.717, 1.165) is 12.8 Å². The lowest BCUT2D eigenvalue weighted by Gasteiger charge is -2.24. The molecule has 92 valence electrons. The Labute approximate surface area is 113 Å². The lowest BCUT2D eigenvalue weighted by molar-refractivity contribution is -0.117. The van der Waals surface area contributed by atoms with Gasteiger partial charge in [0, 0.05) is 10.9 Å². The van der Waals surface area contributed by atoms with Crippen LogP contribution in [-0.4, -0.2) is 5.91 Å². The molecule has 0 bridgehead atoms. The second kappa shape index (κ2) is 5.36. The van der Waals surface area contributed by atoms with Crippen LogP contribution < -0.4 is 5.32 Å². The number of carbonyl (C=O) groups is 1. The topological polar surface area (TPSA) is 29.1 Å². The molecule has 1 N–H and O–H groups in total. The highest BCUT2D eigenvalue weighted by Crippen LogP contribution is 2.33. The quantitative estimate of drug-likeness (QED) is 0.880. The number of hydrogen-bond donors (Lipinski definition) is 1. The monoisotopic (exact) mass is 319 g/mol. The number of benzene rings is 1. The molecule has 1 fully saturated rings. The first-order valence-electron chi connectivity index (χ1n) is 5.50. The van der Waals surface area contributed by atoms with Crippen molar-refractivity contribution in [3.8, 4) is 0 Å². The SMILES string of the molecule is O=C(CC1CCC1)Nc1c(Cl)cc(F)cc1Br. The second-order valence-corrected chi connectivity index (χ2v) is 5.56. The molecule has 0 unspecified atom stereocenters. The van der Waals surface area contributed by atoms with Crippen LogP contribution in [0.3, 0.4) is 0 Å². The molecule has 1 aromatic carbocycles. The van der Waals surface area contributed by atoms with Gasteiger partial charge in [0.1, 0.15) is 5.82 Å². The van der Waals surface area contributed by atoms with E-state index in [4.69, 9.17) is 11.6 Å². The molecule has 2 rings (SSSR count). The number of halogens is 3. The molecule has 2 nitrogen and oxygen atoms in total. The van der Waals surface area contributed by atoms with Crippen molar-refractivity contribution in [3.63, 3.8) is 0 Å². The summed E-state index contributed by atoms with van der Waals surface area (Å²) in [7, 11) is 0. The minimum Gasteiger partial charge on any atom is -0.324 e. The van der Waals surface area contributed by atoms with Crippen molar-refractivity contribution < 1.29 is 9.18 Å². The van der Waals surface area contributed by atoms with Crippen molar-refractivity contribution in [3.05, 3.63) is 27.4 Å². The smallest absolute Gasteiger partial charge is 0.224 e. The second-order valence-electron chi connectivity index (χ2n) is 4.29. The number of hydrogen-bond acceptors (Lipinski definition) is 1. The Morgan fingerprint density at radius 3 is 2.76 bits per heavy atom. The van der Waals surface area contributed by atoms with E-state index in [1.54, 1.807) is 0 Å². The standard InChI is InChI=1S/C12H12BrClFNO/c13-9-5-8(15)6-10(14)12(9)16-11(17)4-7-2-1-3-7/h5-7H,1-4H2,(H,16,17). The van der Waals surface area contributed by atoms with Crippen molar-refractivity contribution in [1.29, 1.82) is 0 Å². The van der Waals surface area contributed by atoms with E-state index in [9.17, 15) is 9.18 Å². The first-order valence-corrected chi connectivity index (χ1v) is 6.68. The molecule has 1 aliphatic carbocycles. The average molecular weight is 321 g/mol. The first-order chi connectivity index (χ1) is 8.06. The Morgan fingerprint density at radius 1 is 1.53 bits per heavy atom. The van der Waals surface area contributed by atoms with Gasteiger partial charge in [0.15, 0.2) is 0 Å². The normalized spacial score (nSPS) is 15.5. The molecule has 1 aliphatic rings. The maximum atomic E-state index is 13.0. The van der Waals surface area contributed by atoms with E-state index >= 15 is 0 Å². The number of carbonyl (C=O) groups excluding carboxylic acids is 1. The molecule has 1 amide bonds. The molecule has 0 aromatic heterocycles. The van der Waals surface area contributed by atoms with Gasteiger partial charge in [-0.1, -0.05) is 18.0 Å². The Kier molecular flexibility index (Phi) is 4.05. The maximum absolute atomic E-state index is 13.0. The van der Waals surface area contributed by atoms with E-state index in [0.29, 0.717) is 22.5 Å². The highest BCUT2D eigenvalue weighted by molar-refractivity contribution is 9.10. The van der Waals surface area contributed by atoms with Crippen LogP contribution in [0.1, 0.15) is 25.7 Å². The third-order valence-electron chi connectivity index (χ3n) is 2.97. The molecular weight excluding hydrogens is 308 g/mol. The van der Waals surface area contributed by atoms with Crippen LogP contribution in [0.15, 0.2) is 16.6 Å². The van der Waals surface area contributed by atoms with E-state index in [1.165, 1.54) is 18.6 Å². The minimum atomic E-state index is -0.432. The Morgan fingerprint density at radius 2 is 2.24 bits per heavy atom. The molecule has 0 heterocycles. The highest BCUT2D eigenvalue weighted by atomic mass is 79.9. The number of amides is 1. The van der Waals surface area contributed by atoms with Gasteiger partial charge in [0.25, 0.3) is 0 Å². The summed E-state index contributed by atoms with van der Waals surface area (Å²) in [5.74, 6) is -0.00391. The Balaban J connectivity index is 2.04. The van der Waals surface area contributed by atoms with E-state index in [2.05, 4.69) is 21.2 Å². The first kappa shape index (κ1) is 12.8. The molecule has 1 aromatic rings. The third kappa shape index (κ3) is 3.19. The van der Waals surface area contributed by atoms with Gasteiger partial charge in [-0.05, 0) is 46.8 Å². The van der Waals surface area contributed by atoms with Gasteiger partial charge >= 0.3 is 0 Å².